The molecule has 1 fully saturated rings. The van der Waals surface area contributed by atoms with E-state index in [9.17, 15) is 4.79 Å². The van der Waals surface area contributed by atoms with Crippen LogP contribution in [0.25, 0.3) is 0 Å². The quantitative estimate of drug-likeness (QED) is 0.789. The molecule has 0 spiro atoms. The first-order chi connectivity index (χ1) is 9.25. The molecule has 0 saturated carbocycles. The predicted octanol–water partition coefficient (Wildman–Crippen LogP) is 2.40. The van der Waals surface area contributed by atoms with E-state index in [1.165, 1.54) is 0 Å². The fourth-order valence-electron chi connectivity index (χ4n) is 2.08. The summed E-state index contributed by atoms with van der Waals surface area (Å²) in [4.78, 5) is 11.7. The zero-order valence-corrected chi connectivity index (χ0v) is 12.4. The highest BCUT2D eigenvalue weighted by molar-refractivity contribution is 9.10. The van der Waals surface area contributed by atoms with Gasteiger partial charge in [-0.15, -0.1) is 0 Å². The zero-order valence-electron chi connectivity index (χ0n) is 10.8. The van der Waals surface area contributed by atoms with Crippen molar-refractivity contribution in [2.75, 3.05) is 31.6 Å². The number of amides is 1. The predicted molar refractivity (Wildman–Crippen MR) is 79.2 cm³/mol. The Morgan fingerprint density at radius 1 is 1.42 bits per heavy atom. The van der Waals surface area contributed by atoms with Gasteiger partial charge in [0.15, 0.2) is 0 Å². The van der Waals surface area contributed by atoms with Gasteiger partial charge in [0, 0.05) is 17.7 Å². The van der Waals surface area contributed by atoms with Crippen molar-refractivity contribution in [3.05, 3.63) is 28.7 Å². The molecular weight excluding hydrogens is 308 g/mol. The molecule has 1 heterocycles. The smallest absolute Gasteiger partial charge is 0.238 e. The summed E-state index contributed by atoms with van der Waals surface area (Å²) in [5.41, 5.74) is 0.804. The van der Waals surface area contributed by atoms with Gasteiger partial charge in [-0.3, -0.25) is 4.79 Å². The number of ether oxygens (including phenoxy) is 1. The Kier molecular flexibility index (Phi) is 5.82. The van der Waals surface area contributed by atoms with Crippen LogP contribution >= 0.6 is 15.9 Å². The van der Waals surface area contributed by atoms with E-state index < -0.39 is 0 Å². The molecule has 0 radical (unpaired) electrons. The van der Waals surface area contributed by atoms with Gasteiger partial charge < -0.3 is 15.4 Å². The van der Waals surface area contributed by atoms with Crippen LogP contribution in [0.5, 0.6) is 0 Å². The second-order valence-corrected chi connectivity index (χ2v) is 5.58. The van der Waals surface area contributed by atoms with Gasteiger partial charge in [-0.1, -0.05) is 12.1 Å². The minimum atomic E-state index is -0.0189. The highest BCUT2D eigenvalue weighted by Gasteiger charge is 2.14. The van der Waals surface area contributed by atoms with Gasteiger partial charge >= 0.3 is 0 Å². The van der Waals surface area contributed by atoms with Crippen molar-refractivity contribution in [2.24, 2.45) is 5.92 Å². The fraction of sp³-hybridized carbons (Fsp3) is 0.500. The molecule has 1 aromatic carbocycles. The van der Waals surface area contributed by atoms with Crippen molar-refractivity contribution >= 4 is 27.5 Å². The van der Waals surface area contributed by atoms with Gasteiger partial charge in [0.25, 0.3) is 0 Å². The number of carbonyl (C=O) groups excluding carboxylic acids is 1. The average molecular weight is 327 g/mol. The second kappa shape index (κ2) is 7.62. The van der Waals surface area contributed by atoms with E-state index in [0.29, 0.717) is 12.5 Å². The SMILES string of the molecule is O=C(CNCCC1CCOC1)Nc1ccccc1Br. The molecular formula is C14H19BrN2O2. The van der Waals surface area contributed by atoms with Crippen molar-refractivity contribution in [2.45, 2.75) is 12.8 Å². The molecule has 0 bridgehead atoms. The lowest BCUT2D eigenvalue weighted by atomic mass is 10.1. The molecule has 1 aromatic rings. The Balaban J connectivity index is 1.63. The topological polar surface area (TPSA) is 50.4 Å². The summed E-state index contributed by atoms with van der Waals surface area (Å²) in [7, 11) is 0. The standard InChI is InChI=1S/C14H19BrN2O2/c15-12-3-1-2-4-13(12)17-14(18)9-16-7-5-11-6-8-19-10-11/h1-4,11,16H,5-10H2,(H,17,18). The molecule has 19 heavy (non-hydrogen) atoms. The van der Waals surface area contributed by atoms with Gasteiger partial charge in [-0.25, -0.2) is 0 Å². The number of rotatable bonds is 6. The fourth-order valence-corrected chi connectivity index (χ4v) is 2.46. The Morgan fingerprint density at radius 2 is 2.26 bits per heavy atom. The maximum atomic E-state index is 11.7. The normalized spacial score (nSPS) is 18.5. The van der Waals surface area contributed by atoms with Crippen molar-refractivity contribution < 1.29 is 9.53 Å². The summed E-state index contributed by atoms with van der Waals surface area (Å²) in [6.45, 7) is 2.95. The van der Waals surface area contributed by atoms with Crippen molar-refractivity contribution in [3.8, 4) is 0 Å². The molecule has 5 heteroatoms. The van der Waals surface area contributed by atoms with Crippen LogP contribution in [0.15, 0.2) is 28.7 Å². The van der Waals surface area contributed by atoms with E-state index in [1.54, 1.807) is 0 Å². The van der Waals surface area contributed by atoms with Crippen LogP contribution in [0.3, 0.4) is 0 Å². The molecule has 1 saturated heterocycles. The number of para-hydroxylation sites is 1. The first kappa shape index (κ1) is 14.5. The Labute approximate surface area is 122 Å². The van der Waals surface area contributed by atoms with Gasteiger partial charge in [0.05, 0.1) is 12.2 Å². The van der Waals surface area contributed by atoms with E-state index in [2.05, 4.69) is 26.6 Å². The maximum Gasteiger partial charge on any atom is 0.238 e. The first-order valence-electron chi connectivity index (χ1n) is 6.58. The average Bonchev–Trinajstić information content (AvgIpc) is 2.91. The summed E-state index contributed by atoms with van der Waals surface area (Å²) in [6, 6.07) is 7.59. The van der Waals surface area contributed by atoms with E-state index in [-0.39, 0.29) is 5.91 Å². The van der Waals surface area contributed by atoms with Gasteiger partial charge in [-0.05, 0) is 53.4 Å². The van der Waals surface area contributed by atoms with E-state index in [4.69, 9.17) is 4.74 Å². The van der Waals surface area contributed by atoms with Crippen LogP contribution in [0.1, 0.15) is 12.8 Å². The molecule has 0 aliphatic carbocycles. The summed E-state index contributed by atoms with van der Waals surface area (Å²) < 4.78 is 6.21. The Hall–Kier alpha value is -0.910. The zero-order chi connectivity index (χ0) is 13.5. The molecule has 1 aliphatic rings. The van der Waals surface area contributed by atoms with E-state index in [1.807, 2.05) is 24.3 Å². The van der Waals surface area contributed by atoms with Crippen molar-refractivity contribution in [1.82, 2.24) is 5.32 Å². The number of hydrogen-bond donors (Lipinski definition) is 2. The molecule has 2 rings (SSSR count). The van der Waals surface area contributed by atoms with Gasteiger partial charge in [0.2, 0.25) is 5.91 Å². The van der Waals surface area contributed by atoms with Gasteiger partial charge in [0.1, 0.15) is 0 Å². The van der Waals surface area contributed by atoms with Crippen molar-refractivity contribution in [3.63, 3.8) is 0 Å². The second-order valence-electron chi connectivity index (χ2n) is 4.72. The Bertz CT molecular complexity index is 420. The lowest BCUT2D eigenvalue weighted by Crippen LogP contribution is -2.29. The number of hydrogen-bond acceptors (Lipinski definition) is 3. The molecule has 4 nitrogen and oxygen atoms in total. The van der Waals surface area contributed by atoms with E-state index in [0.717, 1.165) is 42.8 Å². The molecule has 2 N–H and O–H groups in total. The molecule has 1 amide bonds. The minimum absolute atomic E-state index is 0.0189. The summed E-state index contributed by atoms with van der Waals surface area (Å²) in [5, 5.41) is 6.03. The molecule has 1 atom stereocenters. The lowest BCUT2D eigenvalue weighted by molar-refractivity contribution is -0.115. The number of carbonyl (C=O) groups is 1. The van der Waals surface area contributed by atoms with Crippen LogP contribution in [-0.2, 0) is 9.53 Å². The maximum absolute atomic E-state index is 11.7. The van der Waals surface area contributed by atoms with Crippen LogP contribution in [0.2, 0.25) is 0 Å². The number of halogens is 1. The molecule has 104 valence electrons. The third-order valence-corrected chi connectivity index (χ3v) is 3.88. The van der Waals surface area contributed by atoms with Crippen LogP contribution in [0, 0.1) is 5.92 Å². The number of benzene rings is 1. The molecule has 1 unspecified atom stereocenters. The minimum Gasteiger partial charge on any atom is -0.381 e. The largest absolute Gasteiger partial charge is 0.381 e. The van der Waals surface area contributed by atoms with E-state index >= 15 is 0 Å². The summed E-state index contributed by atoms with van der Waals surface area (Å²) in [5.74, 6) is 0.633. The third kappa shape index (κ3) is 4.93. The lowest BCUT2D eigenvalue weighted by Gasteiger charge is -2.10. The Morgan fingerprint density at radius 3 is 3.00 bits per heavy atom. The monoisotopic (exact) mass is 326 g/mol. The number of anilines is 1. The van der Waals surface area contributed by atoms with Crippen molar-refractivity contribution in [1.29, 1.82) is 0 Å². The summed E-state index contributed by atoms with van der Waals surface area (Å²) >= 11 is 3.40. The number of nitrogens with one attached hydrogen (secondary N) is 2. The third-order valence-electron chi connectivity index (χ3n) is 3.19. The first-order valence-corrected chi connectivity index (χ1v) is 7.38. The summed E-state index contributed by atoms with van der Waals surface area (Å²) in [6.07, 6.45) is 2.22. The highest BCUT2D eigenvalue weighted by atomic mass is 79.9. The molecule has 1 aliphatic heterocycles. The van der Waals surface area contributed by atoms with Gasteiger partial charge in [-0.2, -0.15) is 0 Å². The van der Waals surface area contributed by atoms with Crippen LogP contribution in [-0.4, -0.2) is 32.2 Å². The van der Waals surface area contributed by atoms with Crippen LogP contribution < -0.4 is 10.6 Å². The molecule has 0 aromatic heterocycles. The highest BCUT2D eigenvalue weighted by Crippen LogP contribution is 2.20. The van der Waals surface area contributed by atoms with Crippen LogP contribution in [0.4, 0.5) is 5.69 Å².